The van der Waals surface area contributed by atoms with Crippen molar-refractivity contribution in [1.29, 1.82) is 0 Å². The predicted molar refractivity (Wildman–Crippen MR) is 69.0 cm³/mol. The lowest BCUT2D eigenvalue weighted by atomic mass is 10.0. The van der Waals surface area contributed by atoms with Crippen molar-refractivity contribution >= 4 is 16.5 Å². The summed E-state index contributed by atoms with van der Waals surface area (Å²) in [6.07, 6.45) is 1.77. The van der Waals surface area contributed by atoms with Gasteiger partial charge in [-0.15, -0.1) is 0 Å². The molecular weight excluding hydrogens is 212 g/mol. The summed E-state index contributed by atoms with van der Waals surface area (Å²) in [7, 11) is 1.86. The maximum atomic E-state index is 5.74. The fourth-order valence-electron chi connectivity index (χ4n) is 2.07. The van der Waals surface area contributed by atoms with E-state index in [1.54, 1.807) is 0 Å². The van der Waals surface area contributed by atoms with Crippen molar-refractivity contribution in [1.82, 2.24) is 10.6 Å². The van der Waals surface area contributed by atoms with Gasteiger partial charge in [-0.25, -0.2) is 0 Å². The van der Waals surface area contributed by atoms with Crippen LogP contribution in [-0.2, 0) is 4.74 Å². The monoisotopic (exact) mass is 226 g/mol. The van der Waals surface area contributed by atoms with Crippen LogP contribution < -0.4 is 10.6 Å². The molecule has 3 nitrogen and oxygen atoms in total. The summed E-state index contributed by atoms with van der Waals surface area (Å²) >= 11 is 0. The highest BCUT2D eigenvalue weighted by Crippen LogP contribution is 2.27. The predicted octanol–water partition coefficient (Wildman–Crippen LogP) is 2.26. The van der Waals surface area contributed by atoms with Crippen molar-refractivity contribution in [2.75, 3.05) is 7.05 Å². The van der Waals surface area contributed by atoms with Crippen molar-refractivity contribution in [2.45, 2.75) is 6.35 Å². The highest BCUT2D eigenvalue weighted by molar-refractivity contribution is 5.92. The van der Waals surface area contributed by atoms with E-state index in [0.717, 1.165) is 11.3 Å². The van der Waals surface area contributed by atoms with Gasteiger partial charge in [0.15, 0.2) is 0 Å². The lowest BCUT2D eigenvalue weighted by molar-refractivity contribution is 0.144. The molecule has 3 rings (SSSR count). The fourth-order valence-corrected chi connectivity index (χ4v) is 2.07. The second kappa shape index (κ2) is 4.11. The Bertz CT molecular complexity index is 572. The Morgan fingerprint density at radius 3 is 2.76 bits per heavy atom. The van der Waals surface area contributed by atoms with Crippen LogP contribution in [0.1, 0.15) is 5.56 Å². The molecule has 1 aliphatic heterocycles. The Hall–Kier alpha value is -2.00. The molecule has 17 heavy (non-hydrogen) atoms. The third-order valence-electron chi connectivity index (χ3n) is 2.93. The van der Waals surface area contributed by atoms with Crippen LogP contribution in [0.4, 0.5) is 0 Å². The molecule has 0 saturated carbocycles. The van der Waals surface area contributed by atoms with Crippen molar-refractivity contribution in [2.24, 2.45) is 0 Å². The number of hydrogen-bond acceptors (Lipinski definition) is 3. The highest BCUT2D eigenvalue weighted by Gasteiger charge is 2.17. The molecule has 1 atom stereocenters. The zero-order valence-electron chi connectivity index (χ0n) is 9.60. The first-order valence-corrected chi connectivity index (χ1v) is 5.67. The van der Waals surface area contributed by atoms with Crippen LogP contribution in [0.3, 0.4) is 0 Å². The molecule has 0 spiro atoms. The lowest BCUT2D eigenvalue weighted by Crippen LogP contribution is -2.34. The van der Waals surface area contributed by atoms with E-state index in [-0.39, 0.29) is 6.35 Å². The number of nitrogens with one attached hydrogen (secondary N) is 2. The largest absolute Gasteiger partial charge is 0.455 e. The molecule has 1 aliphatic rings. The van der Waals surface area contributed by atoms with Crippen LogP contribution in [0.2, 0.25) is 0 Å². The second-order valence-electron chi connectivity index (χ2n) is 3.99. The molecule has 2 aromatic carbocycles. The van der Waals surface area contributed by atoms with E-state index in [4.69, 9.17) is 4.74 Å². The molecule has 0 bridgehead atoms. The van der Waals surface area contributed by atoms with Gasteiger partial charge in [0.25, 0.3) is 0 Å². The Kier molecular flexibility index (Phi) is 2.46. The topological polar surface area (TPSA) is 33.3 Å². The Balaban J connectivity index is 2.07. The molecule has 0 fully saturated rings. The maximum absolute atomic E-state index is 5.74. The molecule has 2 aromatic rings. The third kappa shape index (κ3) is 1.74. The van der Waals surface area contributed by atoms with Crippen molar-refractivity contribution in [3.05, 3.63) is 54.2 Å². The van der Waals surface area contributed by atoms with Gasteiger partial charge in [-0.1, -0.05) is 42.5 Å². The Morgan fingerprint density at radius 2 is 1.94 bits per heavy atom. The van der Waals surface area contributed by atoms with Crippen LogP contribution in [0.25, 0.3) is 16.5 Å². The number of ether oxygens (including phenoxy) is 1. The van der Waals surface area contributed by atoms with Crippen molar-refractivity contribution < 1.29 is 4.74 Å². The first kappa shape index (κ1) is 10.2. The maximum Gasteiger partial charge on any atom is 0.227 e. The minimum absolute atomic E-state index is 0.135. The quantitative estimate of drug-likeness (QED) is 0.824. The van der Waals surface area contributed by atoms with Crippen molar-refractivity contribution in [3.63, 3.8) is 0 Å². The lowest BCUT2D eigenvalue weighted by Gasteiger charge is -2.12. The molecule has 0 saturated heterocycles. The summed E-state index contributed by atoms with van der Waals surface area (Å²) in [5.41, 5.74) is 1.12. The van der Waals surface area contributed by atoms with Crippen LogP contribution in [-0.4, -0.2) is 13.4 Å². The van der Waals surface area contributed by atoms with E-state index < -0.39 is 0 Å². The van der Waals surface area contributed by atoms with Gasteiger partial charge >= 0.3 is 0 Å². The van der Waals surface area contributed by atoms with E-state index in [1.165, 1.54) is 10.8 Å². The standard InChI is InChI=1S/C14H14N2O/c1-15-14-16-9-13(17-14)12-8-4-6-10-5-2-3-7-11(10)12/h2-9,14-16H,1H3. The van der Waals surface area contributed by atoms with E-state index >= 15 is 0 Å². The summed E-state index contributed by atoms with van der Waals surface area (Å²) in [5, 5.41) is 8.58. The number of hydrogen-bond donors (Lipinski definition) is 2. The van der Waals surface area contributed by atoms with Gasteiger partial charge in [0.1, 0.15) is 5.76 Å². The fraction of sp³-hybridized carbons (Fsp3) is 0.143. The van der Waals surface area contributed by atoms with Gasteiger partial charge in [0.05, 0.1) is 0 Å². The Labute approximate surface area is 100 Å². The van der Waals surface area contributed by atoms with E-state index in [2.05, 4.69) is 41.0 Å². The third-order valence-corrected chi connectivity index (χ3v) is 2.93. The minimum atomic E-state index is -0.135. The molecule has 1 unspecified atom stereocenters. The van der Waals surface area contributed by atoms with Gasteiger partial charge in [-0.2, -0.15) is 0 Å². The molecule has 2 N–H and O–H groups in total. The summed E-state index contributed by atoms with van der Waals surface area (Å²) in [4.78, 5) is 0. The zero-order chi connectivity index (χ0) is 11.7. The number of benzene rings is 2. The average molecular weight is 226 g/mol. The van der Waals surface area contributed by atoms with Crippen LogP contribution in [0, 0.1) is 0 Å². The second-order valence-corrected chi connectivity index (χ2v) is 3.99. The molecule has 0 aromatic heterocycles. The average Bonchev–Trinajstić information content (AvgIpc) is 2.87. The van der Waals surface area contributed by atoms with E-state index in [0.29, 0.717) is 0 Å². The summed E-state index contributed by atoms with van der Waals surface area (Å²) in [6.45, 7) is 0. The van der Waals surface area contributed by atoms with Crippen LogP contribution in [0.5, 0.6) is 0 Å². The number of rotatable bonds is 2. The molecule has 0 amide bonds. The van der Waals surface area contributed by atoms with Crippen LogP contribution in [0.15, 0.2) is 48.7 Å². The highest BCUT2D eigenvalue weighted by atomic mass is 16.5. The van der Waals surface area contributed by atoms with Gasteiger partial charge in [-0.3, -0.25) is 5.32 Å². The van der Waals surface area contributed by atoms with Gasteiger partial charge < -0.3 is 10.1 Å². The van der Waals surface area contributed by atoms with Gasteiger partial charge in [0, 0.05) is 11.8 Å². The van der Waals surface area contributed by atoms with Gasteiger partial charge in [0.2, 0.25) is 6.35 Å². The normalized spacial score (nSPS) is 18.6. The first-order chi connectivity index (χ1) is 8.38. The summed E-state index contributed by atoms with van der Waals surface area (Å²) in [5.74, 6) is 0.876. The Morgan fingerprint density at radius 1 is 1.12 bits per heavy atom. The minimum Gasteiger partial charge on any atom is -0.455 e. The molecule has 0 radical (unpaired) electrons. The summed E-state index contributed by atoms with van der Waals surface area (Å²) in [6, 6.07) is 14.5. The number of fused-ring (bicyclic) bond motifs is 1. The van der Waals surface area contributed by atoms with Gasteiger partial charge in [-0.05, 0) is 17.8 Å². The molecular formula is C14H14N2O. The summed E-state index contributed by atoms with van der Waals surface area (Å²) < 4.78 is 5.74. The SMILES string of the molecule is CNC1NC=C(c2cccc3ccccc23)O1. The van der Waals surface area contributed by atoms with E-state index in [1.807, 2.05) is 25.4 Å². The molecule has 0 aliphatic carbocycles. The van der Waals surface area contributed by atoms with Crippen molar-refractivity contribution in [3.8, 4) is 0 Å². The van der Waals surface area contributed by atoms with E-state index in [9.17, 15) is 0 Å². The first-order valence-electron chi connectivity index (χ1n) is 5.67. The van der Waals surface area contributed by atoms with Crippen LogP contribution >= 0.6 is 0 Å². The zero-order valence-corrected chi connectivity index (χ0v) is 9.60. The smallest absolute Gasteiger partial charge is 0.227 e. The molecule has 3 heteroatoms. The molecule has 86 valence electrons. The molecule has 1 heterocycles.